The fourth-order valence-corrected chi connectivity index (χ4v) is 1.45. The summed E-state index contributed by atoms with van der Waals surface area (Å²) in [7, 11) is 0. The topological polar surface area (TPSA) is 26.0 Å². The molecule has 2 nitrogen and oxygen atoms in total. The molecule has 0 radical (unpaired) electrons. The van der Waals surface area contributed by atoms with Crippen LogP contribution >= 0.6 is 0 Å². The minimum absolute atomic E-state index is 0.0863. The lowest BCUT2D eigenvalue weighted by Gasteiger charge is -2.19. The van der Waals surface area contributed by atoms with E-state index in [9.17, 15) is 0 Å². The lowest BCUT2D eigenvalue weighted by Crippen LogP contribution is -2.15. The van der Waals surface area contributed by atoms with Crippen LogP contribution in [0.25, 0.3) is 6.08 Å². The van der Waals surface area contributed by atoms with Gasteiger partial charge < -0.3 is 4.52 Å². The summed E-state index contributed by atoms with van der Waals surface area (Å²) in [5.74, 6) is 0.948. The molecular weight excluding hydrogens is 162 g/mol. The summed E-state index contributed by atoms with van der Waals surface area (Å²) in [6.07, 6.45) is 3.96. The molecule has 0 saturated carbocycles. The van der Waals surface area contributed by atoms with Gasteiger partial charge in [-0.25, -0.2) is 0 Å². The maximum Gasteiger partial charge on any atom is 0.142 e. The lowest BCUT2D eigenvalue weighted by molar-refractivity contribution is 0.303. The van der Waals surface area contributed by atoms with Crippen molar-refractivity contribution in [1.82, 2.24) is 5.16 Å². The van der Waals surface area contributed by atoms with Crippen LogP contribution in [0.3, 0.4) is 0 Å². The van der Waals surface area contributed by atoms with Crippen molar-refractivity contribution in [3.63, 3.8) is 0 Å². The standard InChI is InChI=1S/C11H17NO/c1-5-7-11(3,4)10-8-9(6-2)12-13-10/h6,8H,2,5,7H2,1,3-4H3. The SMILES string of the molecule is C=Cc1cc(C(C)(C)CCC)on1. The quantitative estimate of drug-likeness (QED) is 0.708. The molecule has 0 N–H and O–H groups in total. The smallest absolute Gasteiger partial charge is 0.142 e. The first-order valence-corrected chi connectivity index (χ1v) is 4.70. The van der Waals surface area contributed by atoms with Crippen molar-refractivity contribution >= 4 is 6.08 Å². The Kier molecular flexibility index (Phi) is 2.91. The van der Waals surface area contributed by atoms with Crippen LogP contribution in [0, 0.1) is 0 Å². The van der Waals surface area contributed by atoms with Gasteiger partial charge in [0.2, 0.25) is 0 Å². The first kappa shape index (κ1) is 10.0. The molecule has 0 aromatic carbocycles. The molecule has 72 valence electrons. The van der Waals surface area contributed by atoms with E-state index in [1.807, 2.05) is 6.07 Å². The van der Waals surface area contributed by atoms with Gasteiger partial charge in [0, 0.05) is 11.5 Å². The van der Waals surface area contributed by atoms with Gasteiger partial charge in [-0.2, -0.15) is 0 Å². The van der Waals surface area contributed by atoms with Crippen molar-refractivity contribution in [2.24, 2.45) is 0 Å². The Hall–Kier alpha value is -1.05. The molecule has 0 aliphatic heterocycles. The van der Waals surface area contributed by atoms with E-state index in [1.165, 1.54) is 0 Å². The largest absolute Gasteiger partial charge is 0.360 e. The van der Waals surface area contributed by atoms with Gasteiger partial charge in [-0.1, -0.05) is 38.9 Å². The number of hydrogen-bond donors (Lipinski definition) is 0. The van der Waals surface area contributed by atoms with Crippen molar-refractivity contribution < 1.29 is 4.52 Å². The average Bonchev–Trinajstić information content (AvgIpc) is 2.52. The first-order chi connectivity index (χ1) is 6.10. The van der Waals surface area contributed by atoms with Crippen molar-refractivity contribution in [2.45, 2.75) is 39.0 Å². The summed E-state index contributed by atoms with van der Waals surface area (Å²) >= 11 is 0. The molecule has 0 aliphatic rings. The fourth-order valence-electron chi connectivity index (χ4n) is 1.45. The minimum atomic E-state index is 0.0863. The molecule has 1 heterocycles. The monoisotopic (exact) mass is 179 g/mol. The molecule has 0 atom stereocenters. The Morgan fingerprint density at radius 2 is 2.31 bits per heavy atom. The molecule has 0 unspecified atom stereocenters. The van der Waals surface area contributed by atoms with Gasteiger partial charge in [0.25, 0.3) is 0 Å². The second kappa shape index (κ2) is 3.77. The average molecular weight is 179 g/mol. The Morgan fingerprint density at radius 1 is 1.62 bits per heavy atom. The van der Waals surface area contributed by atoms with Crippen molar-refractivity contribution in [1.29, 1.82) is 0 Å². The van der Waals surface area contributed by atoms with Crippen molar-refractivity contribution in [3.8, 4) is 0 Å². The first-order valence-electron chi connectivity index (χ1n) is 4.70. The van der Waals surface area contributed by atoms with E-state index in [1.54, 1.807) is 6.08 Å². The van der Waals surface area contributed by atoms with Crippen LogP contribution < -0.4 is 0 Å². The summed E-state index contributed by atoms with van der Waals surface area (Å²) in [6.45, 7) is 10.2. The van der Waals surface area contributed by atoms with Crippen molar-refractivity contribution in [3.05, 3.63) is 24.1 Å². The number of rotatable bonds is 4. The van der Waals surface area contributed by atoms with E-state index >= 15 is 0 Å². The Bertz CT molecular complexity index is 286. The molecule has 1 aromatic rings. The lowest BCUT2D eigenvalue weighted by atomic mass is 9.85. The van der Waals surface area contributed by atoms with Crippen molar-refractivity contribution in [2.75, 3.05) is 0 Å². The van der Waals surface area contributed by atoms with Crippen LogP contribution in [-0.4, -0.2) is 5.16 Å². The van der Waals surface area contributed by atoms with Gasteiger partial charge in [-0.15, -0.1) is 0 Å². The Morgan fingerprint density at radius 3 is 2.77 bits per heavy atom. The van der Waals surface area contributed by atoms with E-state index in [2.05, 4.69) is 32.5 Å². The molecule has 13 heavy (non-hydrogen) atoms. The van der Waals surface area contributed by atoms with Crippen LogP contribution in [-0.2, 0) is 5.41 Å². The highest BCUT2D eigenvalue weighted by atomic mass is 16.5. The van der Waals surface area contributed by atoms with E-state index < -0.39 is 0 Å². The summed E-state index contributed by atoms with van der Waals surface area (Å²) in [4.78, 5) is 0. The molecule has 0 spiro atoms. The molecule has 0 bridgehead atoms. The zero-order valence-corrected chi connectivity index (χ0v) is 8.63. The van der Waals surface area contributed by atoms with E-state index in [0.717, 1.165) is 24.3 Å². The van der Waals surface area contributed by atoms with Crippen LogP contribution in [0.1, 0.15) is 45.1 Å². The maximum absolute atomic E-state index is 5.25. The van der Waals surface area contributed by atoms with Gasteiger partial charge in [0.15, 0.2) is 0 Å². The minimum Gasteiger partial charge on any atom is -0.360 e. The van der Waals surface area contributed by atoms with Gasteiger partial charge in [-0.05, 0) is 12.5 Å². The summed E-state index contributed by atoms with van der Waals surface area (Å²) in [6, 6.07) is 1.96. The van der Waals surface area contributed by atoms with E-state index in [-0.39, 0.29) is 5.41 Å². The molecular formula is C11H17NO. The predicted octanol–water partition coefficient (Wildman–Crippen LogP) is 3.40. The number of aromatic nitrogens is 1. The van der Waals surface area contributed by atoms with E-state index in [0.29, 0.717) is 0 Å². The van der Waals surface area contributed by atoms with Crippen LogP contribution in [0.5, 0.6) is 0 Å². The van der Waals surface area contributed by atoms with Gasteiger partial charge in [0.1, 0.15) is 11.5 Å². The Labute approximate surface area is 79.6 Å². The molecule has 1 rings (SSSR count). The maximum atomic E-state index is 5.25. The summed E-state index contributed by atoms with van der Waals surface area (Å²) in [5, 5.41) is 3.89. The van der Waals surface area contributed by atoms with Crippen LogP contribution in [0.15, 0.2) is 17.2 Å². The number of hydrogen-bond acceptors (Lipinski definition) is 2. The third-order valence-electron chi connectivity index (χ3n) is 2.28. The molecule has 0 fully saturated rings. The molecule has 0 aliphatic carbocycles. The molecule has 0 saturated heterocycles. The van der Waals surface area contributed by atoms with Gasteiger partial charge >= 0.3 is 0 Å². The molecule has 2 heteroatoms. The second-order valence-electron chi connectivity index (χ2n) is 3.95. The van der Waals surface area contributed by atoms with Crippen LogP contribution in [0.2, 0.25) is 0 Å². The highest BCUT2D eigenvalue weighted by Gasteiger charge is 2.23. The zero-order valence-electron chi connectivity index (χ0n) is 8.63. The van der Waals surface area contributed by atoms with E-state index in [4.69, 9.17) is 4.52 Å². The Balaban J connectivity index is 2.86. The number of nitrogens with zero attached hydrogens (tertiary/aromatic N) is 1. The van der Waals surface area contributed by atoms with Gasteiger partial charge in [-0.3, -0.25) is 0 Å². The highest BCUT2D eigenvalue weighted by Crippen LogP contribution is 2.28. The predicted molar refractivity (Wildman–Crippen MR) is 54.5 cm³/mol. The van der Waals surface area contributed by atoms with Gasteiger partial charge in [0.05, 0.1) is 0 Å². The molecule has 1 aromatic heterocycles. The summed E-state index contributed by atoms with van der Waals surface area (Å²) < 4.78 is 5.25. The zero-order chi connectivity index (χ0) is 9.90. The third kappa shape index (κ3) is 2.20. The summed E-state index contributed by atoms with van der Waals surface area (Å²) in [5.41, 5.74) is 0.905. The fraction of sp³-hybridized carbons (Fsp3) is 0.545. The van der Waals surface area contributed by atoms with Crippen LogP contribution in [0.4, 0.5) is 0 Å². The molecule has 0 amide bonds. The third-order valence-corrected chi connectivity index (χ3v) is 2.28. The normalized spacial score (nSPS) is 11.6. The highest BCUT2D eigenvalue weighted by molar-refractivity contribution is 5.41. The second-order valence-corrected chi connectivity index (χ2v) is 3.95.